The lowest BCUT2D eigenvalue weighted by Crippen LogP contribution is -2.05. The second kappa shape index (κ2) is 3.89. The molecule has 13 heavy (non-hydrogen) atoms. The fraction of sp³-hybridized carbons (Fsp3) is 0.333. The normalized spacial score (nSPS) is 10.9. The van der Waals surface area contributed by atoms with Crippen LogP contribution in [0, 0.1) is 6.92 Å². The molecule has 1 amide bonds. The topological polar surface area (TPSA) is 60.9 Å². The molecule has 0 bridgehead atoms. The van der Waals surface area contributed by atoms with Crippen molar-refractivity contribution in [3.63, 3.8) is 0 Å². The molecule has 0 aliphatic rings. The van der Waals surface area contributed by atoms with Gasteiger partial charge in [-0.2, -0.15) is 5.10 Å². The molecular formula is C9H13N3O. The number of aryl methyl sites for hydroxylation is 2. The lowest BCUT2D eigenvalue weighted by atomic mass is 10.2. The Bertz CT molecular complexity index is 339. The van der Waals surface area contributed by atoms with Gasteiger partial charge in [0, 0.05) is 24.4 Å². The molecule has 0 aliphatic carbocycles. The second-order valence-corrected chi connectivity index (χ2v) is 2.76. The van der Waals surface area contributed by atoms with E-state index in [1.165, 1.54) is 6.08 Å². The molecule has 0 fully saturated rings. The van der Waals surface area contributed by atoms with Crippen LogP contribution in [0.25, 0.3) is 6.08 Å². The van der Waals surface area contributed by atoms with Crippen LogP contribution in [0.3, 0.4) is 0 Å². The number of primary amides is 1. The first-order chi connectivity index (χ1) is 6.13. The van der Waals surface area contributed by atoms with Crippen molar-refractivity contribution in [1.82, 2.24) is 9.78 Å². The third-order valence-electron chi connectivity index (χ3n) is 1.74. The first kappa shape index (κ1) is 9.51. The maximum Gasteiger partial charge on any atom is 0.241 e. The summed E-state index contributed by atoms with van der Waals surface area (Å²) >= 11 is 0. The van der Waals surface area contributed by atoms with E-state index in [0.29, 0.717) is 0 Å². The van der Waals surface area contributed by atoms with Crippen molar-refractivity contribution >= 4 is 12.0 Å². The van der Waals surface area contributed by atoms with Crippen LogP contribution in [-0.2, 0) is 11.3 Å². The number of hydrogen-bond donors (Lipinski definition) is 1. The minimum absolute atomic E-state index is 0.441. The minimum atomic E-state index is -0.441. The zero-order valence-electron chi connectivity index (χ0n) is 7.82. The van der Waals surface area contributed by atoms with Crippen LogP contribution < -0.4 is 5.73 Å². The van der Waals surface area contributed by atoms with Gasteiger partial charge in [-0.15, -0.1) is 0 Å². The smallest absolute Gasteiger partial charge is 0.241 e. The Balaban J connectivity index is 2.88. The zero-order chi connectivity index (χ0) is 9.84. The van der Waals surface area contributed by atoms with E-state index in [2.05, 4.69) is 5.10 Å². The van der Waals surface area contributed by atoms with Gasteiger partial charge >= 0.3 is 0 Å². The number of amides is 1. The van der Waals surface area contributed by atoms with E-state index in [1.807, 2.05) is 24.7 Å². The predicted molar refractivity (Wildman–Crippen MR) is 50.9 cm³/mol. The molecule has 0 spiro atoms. The fourth-order valence-corrected chi connectivity index (χ4v) is 1.03. The summed E-state index contributed by atoms with van der Waals surface area (Å²) in [7, 11) is 0. The zero-order valence-corrected chi connectivity index (χ0v) is 7.82. The lowest BCUT2D eigenvalue weighted by molar-refractivity contribution is -0.113. The van der Waals surface area contributed by atoms with Gasteiger partial charge in [0.2, 0.25) is 5.91 Å². The van der Waals surface area contributed by atoms with Crippen molar-refractivity contribution in [3.8, 4) is 0 Å². The number of hydrogen-bond acceptors (Lipinski definition) is 2. The van der Waals surface area contributed by atoms with Gasteiger partial charge in [-0.3, -0.25) is 9.48 Å². The quantitative estimate of drug-likeness (QED) is 0.694. The van der Waals surface area contributed by atoms with E-state index < -0.39 is 5.91 Å². The van der Waals surface area contributed by atoms with Crippen LogP contribution in [0.4, 0.5) is 0 Å². The molecule has 0 saturated heterocycles. The first-order valence-corrected chi connectivity index (χ1v) is 4.15. The van der Waals surface area contributed by atoms with Crippen molar-refractivity contribution in [2.24, 2.45) is 5.73 Å². The second-order valence-electron chi connectivity index (χ2n) is 2.76. The van der Waals surface area contributed by atoms with Crippen molar-refractivity contribution in [2.75, 3.05) is 0 Å². The average molecular weight is 179 g/mol. The molecule has 1 aromatic rings. The Kier molecular flexibility index (Phi) is 2.84. The summed E-state index contributed by atoms with van der Waals surface area (Å²) in [6, 6.07) is 0. The molecule has 0 atom stereocenters. The molecule has 4 heteroatoms. The summed E-state index contributed by atoms with van der Waals surface area (Å²) in [6.07, 6.45) is 4.90. The maximum atomic E-state index is 10.5. The van der Waals surface area contributed by atoms with E-state index >= 15 is 0 Å². The number of aromatic nitrogens is 2. The van der Waals surface area contributed by atoms with Crippen LogP contribution in [0.2, 0.25) is 0 Å². The Morgan fingerprint density at radius 2 is 2.46 bits per heavy atom. The summed E-state index contributed by atoms with van der Waals surface area (Å²) in [5, 5.41) is 4.22. The van der Waals surface area contributed by atoms with Crippen molar-refractivity contribution in [2.45, 2.75) is 20.4 Å². The summed E-state index contributed by atoms with van der Waals surface area (Å²) in [6.45, 7) is 4.73. The number of carbonyl (C=O) groups is 1. The largest absolute Gasteiger partial charge is 0.366 e. The highest BCUT2D eigenvalue weighted by Gasteiger charge is 1.99. The molecule has 0 radical (unpaired) electrons. The van der Waals surface area contributed by atoms with Crippen molar-refractivity contribution in [1.29, 1.82) is 0 Å². The van der Waals surface area contributed by atoms with Crippen LogP contribution >= 0.6 is 0 Å². The highest BCUT2D eigenvalue weighted by Crippen LogP contribution is 2.07. The van der Waals surface area contributed by atoms with E-state index in [1.54, 1.807) is 6.08 Å². The van der Waals surface area contributed by atoms with Crippen LogP contribution in [0.1, 0.15) is 18.2 Å². The molecule has 70 valence electrons. The molecule has 2 N–H and O–H groups in total. The summed E-state index contributed by atoms with van der Waals surface area (Å²) < 4.78 is 1.82. The fourth-order valence-electron chi connectivity index (χ4n) is 1.03. The van der Waals surface area contributed by atoms with Crippen LogP contribution in [-0.4, -0.2) is 15.7 Å². The molecular weight excluding hydrogens is 166 g/mol. The number of rotatable bonds is 3. The maximum absolute atomic E-state index is 10.5. The van der Waals surface area contributed by atoms with E-state index in [0.717, 1.165) is 17.8 Å². The highest BCUT2D eigenvalue weighted by atomic mass is 16.1. The molecule has 1 aromatic heterocycles. The third kappa shape index (κ3) is 2.43. The van der Waals surface area contributed by atoms with Crippen molar-refractivity contribution in [3.05, 3.63) is 23.5 Å². The molecule has 0 unspecified atom stereocenters. The minimum Gasteiger partial charge on any atom is -0.366 e. The Morgan fingerprint density at radius 3 is 2.92 bits per heavy atom. The summed E-state index contributed by atoms with van der Waals surface area (Å²) in [5.41, 5.74) is 6.81. The van der Waals surface area contributed by atoms with Gasteiger partial charge in [-0.25, -0.2) is 0 Å². The van der Waals surface area contributed by atoms with Gasteiger partial charge in [-0.05, 0) is 19.9 Å². The van der Waals surface area contributed by atoms with E-state index in [-0.39, 0.29) is 0 Å². The van der Waals surface area contributed by atoms with Gasteiger partial charge in [0.25, 0.3) is 0 Å². The van der Waals surface area contributed by atoms with Crippen LogP contribution in [0.15, 0.2) is 12.3 Å². The molecule has 0 saturated carbocycles. The number of nitrogens with two attached hydrogens (primary N) is 1. The first-order valence-electron chi connectivity index (χ1n) is 4.15. The number of nitrogens with zero attached hydrogens (tertiary/aromatic N) is 2. The Hall–Kier alpha value is -1.58. The Morgan fingerprint density at radius 1 is 1.77 bits per heavy atom. The monoisotopic (exact) mass is 179 g/mol. The van der Waals surface area contributed by atoms with Gasteiger partial charge in [0.1, 0.15) is 0 Å². The van der Waals surface area contributed by atoms with Gasteiger partial charge in [0.15, 0.2) is 0 Å². The highest BCUT2D eigenvalue weighted by molar-refractivity contribution is 5.90. The third-order valence-corrected chi connectivity index (χ3v) is 1.74. The van der Waals surface area contributed by atoms with Crippen LogP contribution in [0.5, 0.6) is 0 Å². The standard InChI is InChI=1S/C9H13N3O/c1-3-12-6-8(7(2)11-12)4-5-9(10)13/h4-6H,3H2,1-2H3,(H2,10,13)/b5-4-. The average Bonchev–Trinajstić information content (AvgIpc) is 2.43. The molecule has 1 rings (SSSR count). The molecule has 0 aliphatic heterocycles. The Labute approximate surface area is 77.0 Å². The van der Waals surface area contributed by atoms with Gasteiger partial charge in [-0.1, -0.05) is 0 Å². The molecule has 4 nitrogen and oxygen atoms in total. The SMILES string of the molecule is CCn1cc(/C=C\C(N)=O)c(C)n1. The van der Waals surface area contributed by atoms with E-state index in [4.69, 9.17) is 5.73 Å². The predicted octanol–water partition coefficient (Wildman–Crippen LogP) is 0.710. The lowest BCUT2D eigenvalue weighted by Gasteiger charge is -1.89. The molecule has 0 aromatic carbocycles. The number of carbonyl (C=O) groups excluding carboxylic acids is 1. The van der Waals surface area contributed by atoms with Crippen molar-refractivity contribution < 1.29 is 4.79 Å². The van der Waals surface area contributed by atoms with Gasteiger partial charge < -0.3 is 5.73 Å². The summed E-state index contributed by atoms with van der Waals surface area (Å²) in [4.78, 5) is 10.5. The molecule has 1 heterocycles. The van der Waals surface area contributed by atoms with Gasteiger partial charge in [0.05, 0.1) is 5.69 Å². The van der Waals surface area contributed by atoms with E-state index in [9.17, 15) is 4.79 Å². The summed E-state index contributed by atoms with van der Waals surface area (Å²) in [5.74, 6) is -0.441.